The van der Waals surface area contributed by atoms with Crippen molar-refractivity contribution in [3.63, 3.8) is 0 Å². The molecule has 0 bridgehead atoms. The van der Waals surface area contributed by atoms with Crippen molar-refractivity contribution in [1.29, 1.82) is 0 Å². The molecule has 0 spiro atoms. The topological polar surface area (TPSA) is 52.1 Å². The predicted octanol–water partition coefficient (Wildman–Crippen LogP) is 5.71. The quantitative estimate of drug-likeness (QED) is 0.339. The number of halogens is 2. The molecule has 0 saturated carbocycles. The van der Waals surface area contributed by atoms with Gasteiger partial charge in [-0.05, 0) is 47.5 Å². The Morgan fingerprint density at radius 1 is 0.867 bits per heavy atom. The van der Waals surface area contributed by atoms with Gasteiger partial charge in [0.15, 0.2) is 11.5 Å². The molecule has 0 aliphatic rings. The number of rotatable bonds is 9. The van der Waals surface area contributed by atoms with Gasteiger partial charge in [-0.3, -0.25) is 0 Å². The van der Waals surface area contributed by atoms with Gasteiger partial charge in [0.1, 0.15) is 12.4 Å². The Kier molecular flexibility index (Phi) is 7.82. The Hall–Kier alpha value is -2.89. The van der Waals surface area contributed by atoms with Gasteiger partial charge in [0.25, 0.3) is 0 Å². The summed E-state index contributed by atoms with van der Waals surface area (Å²) in [4.78, 5) is 0. The number of hydrazone groups is 1. The van der Waals surface area contributed by atoms with E-state index in [2.05, 4.69) is 10.5 Å². The third-order valence-electron chi connectivity index (χ3n) is 4.33. The van der Waals surface area contributed by atoms with E-state index in [1.54, 1.807) is 32.6 Å². The summed E-state index contributed by atoms with van der Waals surface area (Å²) < 4.78 is 16.7. The van der Waals surface area contributed by atoms with Crippen LogP contribution in [-0.4, -0.2) is 20.4 Å². The molecule has 0 radical (unpaired) electrons. The third-order valence-corrected chi connectivity index (χ3v) is 5.07. The molecule has 156 valence electrons. The fourth-order valence-electron chi connectivity index (χ4n) is 2.77. The number of methoxy groups -OCH3 is 2. The van der Waals surface area contributed by atoms with E-state index in [9.17, 15) is 0 Å². The van der Waals surface area contributed by atoms with E-state index in [0.717, 1.165) is 22.4 Å². The molecule has 0 heterocycles. The highest BCUT2D eigenvalue weighted by atomic mass is 35.5. The van der Waals surface area contributed by atoms with Gasteiger partial charge in [-0.25, -0.2) is 0 Å². The minimum Gasteiger partial charge on any atom is -0.496 e. The molecule has 3 aromatic rings. The van der Waals surface area contributed by atoms with Crippen molar-refractivity contribution in [1.82, 2.24) is 5.43 Å². The Labute approximate surface area is 186 Å². The lowest BCUT2D eigenvalue weighted by Crippen LogP contribution is -2.07. The second kappa shape index (κ2) is 10.8. The van der Waals surface area contributed by atoms with E-state index in [-0.39, 0.29) is 0 Å². The Morgan fingerprint density at radius 3 is 2.43 bits per heavy atom. The number of nitrogens with one attached hydrogen (secondary N) is 1. The summed E-state index contributed by atoms with van der Waals surface area (Å²) in [6.45, 7) is 0.906. The van der Waals surface area contributed by atoms with Crippen LogP contribution in [0.1, 0.15) is 16.7 Å². The van der Waals surface area contributed by atoms with Crippen molar-refractivity contribution < 1.29 is 14.2 Å². The van der Waals surface area contributed by atoms with Crippen LogP contribution in [0.3, 0.4) is 0 Å². The van der Waals surface area contributed by atoms with Gasteiger partial charge in [0.2, 0.25) is 0 Å². The fraction of sp³-hybridized carbons (Fsp3) is 0.174. The van der Waals surface area contributed by atoms with Crippen LogP contribution in [0.25, 0.3) is 0 Å². The molecule has 30 heavy (non-hydrogen) atoms. The summed E-state index contributed by atoms with van der Waals surface area (Å²) in [7, 11) is 3.25. The van der Waals surface area contributed by atoms with Crippen LogP contribution in [-0.2, 0) is 13.2 Å². The van der Waals surface area contributed by atoms with E-state index in [4.69, 9.17) is 37.4 Å². The Bertz CT molecular complexity index is 1030. The maximum atomic E-state index is 6.05. The maximum absolute atomic E-state index is 6.05. The van der Waals surface area contributed by atoms with E-state index >= 15 is 0 Å². The number of benzene rings is 3. The number of hydrogen-bond donors (Lipinski definition) is 1. The normalized spacial score (nSPS) is 10.8. The van der Waals surface area contributed by atoms with Crippen LogP contribution in [0.5, 0.6) is 17.2 Å². The van der Waals surface area contributed by atoms with Crippen LogP contribution >= 0.6 is 23.2 Å². The molecular formula is C23H22Cl2N2O3. The van der Waals surface area contributed by atoms with Gasteiger partial charge in [-0.15, -0.1) is 0 Å². The van der Waals surface area contributed by atoms with Crippen molar-refractivity contribution in [3.8, 4) is 17.2 Å². The molecule has 0 amide bonds. The van der Waals surface area contributed by atoms with Gasteiger partial charge < -0.3 is 19.6 Å². The maximum Gasteiger partial charge on any atom is 0.161 e. The minimum atomic E-state index is 0.348. The fourth-order valence-corrected chi connectivity index (χ4v) is 3.09. The summed E-state index contributed by atoms with van der Waals surface area (Å²) in [5, 5.41) is 5.29. The van der Waals surface area contributed by atoms with Gasteiger partial charge >= 0.3 is 0 Å². The summed E-state index contributed by atoms with van der Waals surface area (Å²) in [5.74, 6) is 2.07. The molecule has 3 rings (SSSR count). The molecule has 1 N–H and O–H groups in total. The first-order chi connectivity index (χ1) is 14.6. The van der Waals surface area contributed by atoms with Crippen molar-refractivity contribution in [3.05, 3.63) is 87.4 Å². The smallest absolute Gasteiger partial charge is 0.161 e. The number of nitrogens with zero attached hydrogens (tertiary/aromatic N) is 1. The highest BCUT2D eigenvalue weighted by Crippen LogP contribution is 2.29. The molecule has 0 unspecified atom stereocenters. The van der Waals surface area contributed by atoms with E-state index in [1.165, 1.54) is 0 Å². The largest absolute Gasteiger partial charge is 0.496 e. The summed E-state index contributed by atoms with van der Waals surface area (Å²) >= 11 is 12.0. The minimum absolute atomic E-state index is 0.348. The SMILES string of the molecule is COc1ccccc1CN/N=C\c1ccc(OCc2ccc(Cl)c(Cl)c2)c(OC)c1. The average Bonchev–Trinajstić information content (AvgIpc) is 2.78. The zero-order valence-corrected chi connectivity index (χ0v) is 18.2. The third kappa shape index (κ3) is 5.81. The first-order valence-corrected chi connectivity index (χ1v) is 9.99. The molecule has 7 heteroatoms. The molecule has 0 aromatic heterocycles. The van der Waals surface area contributed by atoms with Gasteiger partial charge in [0, 0.05) is 5.56 Å². The van der Waals surface area contributed by atoms with E-state index in [0.29, 0.717) is 34.7 Å². The summed E-state index contributed by atoms with van der Waals surface area (Å²) in [6, 6.07) is 18.8. The molecule has 3 aromatic carbocycles. The average molecular weight is 445 g/mol. The molecule has 0 fully saturated rings. The molecule has 0 atom stereocenters. The predicted molar refractivity (Wildman–Crippen MR) is 121 cm³/mol. The van der Waals surface area contributed by atoms with Gasteiger partial charge in [-0.1, -0.05) is 47.5 Å². The summed E-state index contributed by atoms with van der Waals surface area (Å²) in [6.07, 6.45) is 1.72. The lowest BCUT2D eigenvalue weighted by atomic mass is 10.2. The van der Waals surface area contributed by atoms with Crippen LogP contribution in [0.2, 0.25) is 10.0 Å². The summed E-state index contributed by atoms with van der Waals surface area (Å²) in [5.41, 5.74) is 5.85. The molecular weight excluding hydrogens is 423 g/mol. The van der Waals surface area contributed by atoms with E-state index < -0.39 is 0 Å². The Morgan fingerprint density at radius 2 is 1.67 bits per heavy atom. The molecule has 0 aliphatic heterocycles. The van der Waals surface area contributed by atoms with Crippen LogP contribution < -0.4 is 19.6 Å². The van der Waals surface area contributed by atoms with Gasteiger partial charge in [0.05, 0.1) is 37.0 Å². The highest BCUT2D eigenvalue weighted by Gasteiger charge is 2.07. The Balaban J connectivity index is 1.60. The first kappa shape index (κ1) is 21.8. The second-order valence-electron chi connectivity index (χ2n) is 6.35. The zero-order chi connectivity index (χ0) is 21.3. The van der Waals surface area contributed by atoms with Crippen molar-refractivity contribution >= 4 is 29.4 Å². The lowest BCUT2D eigenvalue weighted by Gasteiger charge is -2.12. The van der Waals surface area contributed by atoms with E-state index in [1.807, 2.05) is 48.5 Å². The van der Waals surface area contributed by atoms with Crippen LogP contribution in [0.4, 0.5) is 0 Å². The molecule has 0 saturated heterocycles. The second-order valence-corrected chi connectivity index (χ2v) is 7.17. The van der Waals surface area contributed by atoms with Crippen molar-refractivity contribution in [2.75, 3.05) is 14.2 Å². The lowest BCUT2D eigenvalue weighted by molar-refractivity contribution is 0.284. The van der Waals surface area contributed by atoms with Crippen LogP contribution in [0, 0.1) is 0 Å². The molecule has 5 nitrogen and oxygen atoms in total. The highest BCUT2D eigenvalue weighted by molar-refractivity contribution is 6.42. The number of hydrogen-bond acceptors (Lipinski definition) is 5. The number of para-hydroxylation sites is 1. The van der Waals surface area contributed by atoms with Gasteiger partial charge in [-0.2, -0.15) is 5.10 Å². The standard InChI is InChI=1S/C23H22Cl2N2O3/c1-28-21-6-4-3-5-18(21)14-27-26-13-16-8-10-22(23(12-16)29-2)30-15-17-7-9-19(24)20(25)11-17/h3-13,27H,14-15H2,1-2H3/b26-13-. The molecule has 0 aliphatic carbocycles. The van der Waals surface area contributed by atoms with Crippen molar-refractivity contribution in [2.24, 2.45) is 5.10 Å². The first-order valence-electron chi connectivity index (χ1n) is 9.23. The monoisotopic (exact) mass is 444 g/mol. The zero-order valence-electron chi connectivity index (χ0n) is 16.7. The van der Waals surface area contributed by atoms with Crippen LogP contribution in [0.15, 0.2) is 65.8 Å². The number of ether oxygens (including phenoxy) is 3. The van der Waals surface area contributed by atoms with Crippen molar-refractivity contribution in [2.45, 2.75) is 13.2 Å².